The van der Waals surface area contributed by atoms with E-state index >= 15 is 0 Å². The third-order valence-corrected chi connectivity index (χ3v) is 3.33. The third-order valence-electron chi connectivity index (χ3n) is 3.33. The number of carbonyl (C=O) groups excluding carboxylic acids is 1. The van der Waals surface area contributed by atoms with Crippen LogP contribution in [0.3, 0.4) is 0 Å². The van der Waals surface area contributed by atoms with Crippen LogP contribution in [-0.2, 0) is 11.3 Å². The number of hydrogen-bond acceptors (Lipinski definition) is 2. The maximum absolute atomic E-state index is 12.2. The second-order valence-corrected chi connectivity index (χ2v) is 5.00. The van der Waals surface area contributed by atoms with E-state index in [1.54, 1.807) is 4.90 Å². The second-order valence-electron chi connectivity index (χ2n) is 5.00. The zero-order valence-electron chi connectivity index (χ0n) is 12.6. The molecular formula is C18H21NO2. The van der Waals surface area contributed by atoms with Gasteiger partial charge >= 0.3 is 0 Å². The van der Waals surface area contributed by atoms with Gasteiger partial charge in [-0.1, -0.05) is 48.0 Å². The molecule has 0 bridgehead atoms. The van der Waals surface area contributed by atoms with Crippen LogP contribution < -0.4 is 4.74 Å². The van der Waals surface area contributed by atoms with Crippen LogP contribution in [0.25, 0.3) is 0 Å². The lowest BCUT2D eigenvalue weighted by Gasteiger charge is -2.21. The Morgan fingerprint density at radius 2 is 1.71 bits per heavy atom. The highest BCUT2D eigenvalue weighted by molar-refractivity contribution is 5.77. The summed E-state index contributed by atoms with van der Waals surface area (Å²) in [6, 6.07) is 17.7. The first kappa shape index (κ1) is 15.1. The van der Waals surface area contributed by atoms with Gasteiger partial charge in [0.1, 0.15) is 5.75 Å². The lowest BCUT2D eigenvalue weighted by Crippen LogP contribution is -2.34. The van der Waals surface area contributed by atoms with Crippen LogP contribution in [0.5, 0.6) is 5.75 Å². The predicted octanol–water partition coefficient (Wildman–Crippen LogP) is 3.42. The van der Waals surface area contributed by atoms with Crippen molar-refractivity contribution in [2.45, 2.75) is 20.4 Å². The van der Waals surface area contributed by atoms with E-state index in [4.69, 9.17) is 4.74 Å². The highest BCUT2D eigenvalue weighted by Crippen LogP contribution is 2.12. The SMILES string of the molecule is CCN(Cc1ccccc1)C(=O)COc1ccc(C)cc1. The molecule has 0 fully saturated rings. The lowest BCUT2D eigenvalue weighted by atomic mass is 10.2. The minimum atomic E-state index is 0.00179. The van der Waals surface area contributed by atoms with E-state index in [-0.39, 0.29) is 12.5 Å². The number of benzene rings is 2. The summed E-state index contributed by atoms with van der Waals surface area (Å²) < 4.78 is 5.55. The third kappa shape index (κ3) is 4.63. The van der Waals surface area contributed by atoms with Crippen LogP contribution in [0, 0.1) is 6.92 Å². The van der Waals surface area contributed by atoms with Crippen molar-refractivity contribution in [3.63, 3.8) is 0 Å². The molecule has 0 saturated heterocycles. The summed E-state index contributed by atoms with van der Waals surface area (Å²) in [4.78, 5) is 14.0. The van der Waals surface area contributed by atoms with Crippen LogP contribution in [0.1, 0.15) is 18.1 Å². The zero-order valence-corrected chi connectivity index (χ0v) is 12.6. The molecule has 0 aromatic heterocycles. The van der Waals surface area contributed by atoms with Crippen molar-refractivity contribution in [2.24, 2.45) is 0 Å². The van der Waals surface area contributed by atoms with E-state index in [1.165, 1.54) is 5.56 Å². The molecule has 0 atom stereocenters. The van der Waals surface area contributed by atoms with Gasteiger partial charge in [0.25, 0.3) is 5.91 Å². The topological polar surface area (TPSA) is 29.5 Å². The summed E-state index contributed by atoms with van der Waals surface area (Å²) in [5, 5.41) is 0. The van der Waals surface area contributed by atoms with Gasteiger partial charge in [0.15, 0.2) is 6.61 Å². The molecule has 1 amide bonds. The summed E-state index contributed by atoms with van der Waals surface area (Å²) in [7, 11) is 0. The Balaban J connectivity index is 1.89. The normalized spacial score (nSPS) is 10.2. The van der Waals surface area contributed by atoms with Crippen molar-refractivity contribution in [1.29, 1.82) is 0 Å². The second kappa shape index (κ2) is 7.48. The number of aryl methyl sites for hydroxylation is 1. The van der Waals surface area contributed by atoms with Crippen molar-refractivity contribution in [3.8, 4) is 5.75 Å². The molecule has 2 aromatic carbocycles. The van der Waals surface area contributed by atoms with Crippen LogP contribution >= 0.6 is 0 Å². The van der Waals surface area contributed by atoms with Crippen molar-refractivity contribution in [1.82, 2.24) is 4.90 Å². The lowest BCUT2D eigenvalue weighted by molar-refractivity contribution is -0.133. The van der Waals surface area contributed by atoms with Gasteiger partial charge in [-0.3, -0.25) is 4.79 Å². The first-order chi connectivity index (χ1) is 10.2. The first-order valence-corrected chi connectivity index (χ1v) is 7.20. The number of nitrogens with zero attached hydrogens (tertiary/aromatic N) is 1. The standard InChI is InChI=1S/C18H21NO2/c1-3-19(13-16-7-5-4-6-8-16)18(20)14-21-17-11-9-15(2)10-12-17/h4-12H,3,13-14H2,1-2H3. The molecule has 2 aromatic rings. The Labute approximate surface area is 126 Å². The average molecular weight is 283 g/mol. The maximum Gasteiger partial charge on any atom is 0.260 e. The van der Waals surface area contributed by atoms with Gasteiger partial charge < -0.3 is 9.64 Å². The molecule has 0 spiro atoms. The summed E-state index contributed by atoms with van der Waals surface area (Å²) in [5.74, 6) is 0.728. The Morgan fingerprint density at radius 3 is 2.33 bits per heavy atom. The predicted molar refractivity (Wildman–Crippen MR) is 84.2 cm³/mol. The first-order valence-electron chi connectivity index (χ1n) is 7.20. The number of hydrogen-bond donors (Lipinski definition) is 0. The molecule has 0 saturated carbocycles. The molecule has 0 aliphatic rings. The number of carbonyl (C=O) groups is 1. The quantitative estimate of drug-likeness (QED) is 0.813. The molecule has 0 radical (unpaired) electrons. The van der Waals surface area contributed by atoms with Crippen LogP contribution in [-0.4, -0.2) is 24.0 Å². The van der Waals surface area contributed by atoms with Gasteiger partial charge in [0.2, 0.25) is 0 Å². The Hall–Kier alpha value is -2.29. The summed E-state index contributed by atoms with van der Waals surface area (Å²) >= 11 is 0. The Bertz CT molecular complexity index is 564. The van der Waals surface area contributed by atoms with Gasteiger partial charge in [-0.2, -0.15) is 0 Å². The minimum absolute atomic E-state index is 0.00179. The van der Waals surface area contributed by atoms with E-state index in [9.17, 15) is 4.79 Å². The highest BCUT2D eigenvalue weighted by atomic mass is 16.5. The average Bonchev–Trinajstić information content (AvgIpc) is 2.52. The minimum Gasteiger partial charge on any atom is -0.484 e. The molecule has 2 rings (SSSR count). The highest BCUT2D eigenvalue weighted by Gasteiger charge is 2.12. The summed E-state index contributed by atoms with van der Waals surface area (Å²) in [6.07, 6.45) is 0. The van der Waals surface area contributed by atoms with Crippen molar-refractivity contribution < 1.29 is 9.53 Å². The zero-order chi connectivity index (χ0) is 15.1. The molecule has 0 aliphatic carbocycles. The van der Waals surface area contributed by atoms with Crippen molar-refractivity contribution in [3.05, 3.63) is 65.7 Å². The van der Waals surface area contributed by atoms with Gasteiger partial charge in [0, 0.05) is 13.1 Å². The Morgan fingerprint density at radius 1 is 1.05 bits per heavy atom. The molecule has 3 heteroatoms. The molecule has 0 N–H and O–H groups in total. The number of likely N-dealkylation sites (N-methyl/N-ethyl adjacent to an activating group) is 1. The fourth-order valence-electron chi connectivity index (χ4n) is 2.05. The number of amides is 1. The monoisotopic (exact) mass is 283 g/mol. The molecule has 0 aliphatic heterocycles. The summed E-state index contributed by atoms with van der Waals surface area (Å²) in [6.45, 7) is 5.36. The maximum atomic E-state index is 12.2. The van der Waals surface area contributed by atoms with Gasteiger partial charge in [-0.25, -0.2) is 0 Å². The molecule has 21 heavy (non-hydrogen) atoms. The molecule has 0 unspecified atom stereocenters. The number of rotatable bonds is 6. The van der Waals surface area contributed by atoms with E-state index in [2.05, 4.69) is 0 Å². The van der Waals surface area contributed by atoms with Crippen LogP contribution in [0.2, 0.25) is 0 Å². The molecule has 0 heterocycles. The van der Waals surface area contributed by atoms with Crippen LogP contribution in [0.15, 0.2) is 54.6 Å². The fraction of sp³-hybridized carbons (Fsp3) is 0.278. The van der Waals surface area contributed by atoms with E-state index < -0.39 is 0 Å². The van der Waals surface area contributed by atoms with E-state index in [0.717, 1.165) is 11.3 Å². The Kier molecular flexibility index (Phi) is 5.38. The van der Waals surface area contributed by atoms with E-state index in [1.807, 2.05) is 68.4 Å². The number of ether oxygens (including phenoxy) is 1. The van der Waals surface area contributed by atoms with Crippen molar-refractivity contribution in [2.75, 3.05) is 13.2 Å². The fourth-order valence-corrected chi connectivity index (χ4v) is 2.05. The van der Waals surface area contributed by atoms with Crippen molar-refractivity contribution >= 4 is 5.91 Å². The molecular weight excluding hydrogens is 262 g/mol. The van der Waals surface area contributed by atoms with Gasteiger partial charge in [-0.05, 0) is 31.5 Å². The van der Waals surface area contributed by atoms with Gasteiger partial charge in [0.05, 0.1) is 0 Å². The molecule has 3 nitrogen and oxygen atoms in total. The van der Waals surface area contributed by atoms with Gasteiger partial charge in [-0.15, -0.1) is 0 Å². The van der Waals surface area contributed by atoms with Crippen LogP contribution in [0.4, 0.5) is 0 Å². The van der Waals surface area contributed by atoms with E-state index in [0.29, 0.717) is 13.1 Å². The largest absolute Gasteiger partial charge is 0.484 e. The summed E-state index contributed by atoms with van der Waals surface area (Å²) in [5.41, 5.74) is 2.30. The molecule has 110 valence electrons. The smallest absolute Gasteiger partial charge is 0.260 e.